The van der Waals surface area contributed by atoms with Gasteiger partial charge in [-0.15, -0.1) is 12.1 Å². The van der Waals surface area contributed by atoms with Gasteiger partial charge in [-0.05, 0) is 35.2 Å². The number of halogens is 1. The summed E-state index contributed by atoms with van der Waals surface area (Å²) in [5.41, 5.74) is 7.37. The molecule has 4 heterocycles. The Morgan fingerprint density at radius 1 is 0.848 bits per heavy atom. The molecule has 7 rings (SSSR count). The van der Waals surface area contributed by atoms with Crippen LogP contribution in [0.3, 0.4) is 0 Å². The van der Waals surface area contributed by atoms with Crippen molar-refractivity contribution in [3.63, 3.8) is 0 Å². The van der Waals surface area contributed by atoms with E-state index in [9.17, 15) is 4.39 Å². The second kappa shape index (κ2) is 14.2. The van der Waals surface area contributed by atoms with Gasteiger partial charge < -0.3 is 9.40 Å². The molecule has 1 radical (unpaired) electrons. The van der Waals surface area contributed by atoms with Gasteiger partial charge in [0.05, 0.1) is 5.58 Å². The number of furan rings is 1. The maximum Gasteiger partial charge on any atom is 0 e. The van der Waals surface area contributed by atoms with E-state index in [0.29, 0.717) is 33.3 Å². The molecular formula is C39H34FGeIrN3O-2. The van der Waals surface area contributed by atoms with Gasteiger partial charge in [0.1, 0.15) is 0 Å². The van der Waals surface area contributed by atoms with E-state index >= 15 is 0 Å². The van der Waals surface area contributed by atoms with E-state index in [1.165, 1.54) is 21.6 Å². The van der Waals surface area contributed by atoms with Crippen LogP contribution in [-0.2, 0) is 20.1 Å². The van der Waals surface area contributed by atoms with Gasteiger partial charge in [-0.3, -0.25) is 4.39 Å². The maximum absolute atomic E-state index is 14.3. The molecule has 0 fully saturated rings. The summed E-state index contributed by atoms with van der Waals surface area (Å²) in [4.78, 5) is 13.2. The van der Waals surface area contributed by atoms with Gasteiger partial charge in [-0.2, -0.15) is 0 Å². The van der Waals surface area contributed by atoms with Crippen molar-refractivity contribution in [3.8, 4) is 33.6 Å². The van der Waals surface area contributed by atoms with Crippen molar-refractivity contribution in [1.82, 2.24) is 15.0 Å². The smallest absolute Gasteiger partial charge is 0 e. The first kappa shape index (κ1) is 32.0. The fourth-order valence-electron chi connectivity index (χ4n) is 5.30. The van der Waals surface area contributed by atoms with Crippen molar-refractivity contribution in [2.24, 2.45) is 0 Å². The number of benzene rings is 3. The summed E-state index contributed by atoms with van der Waals surface area (Å²) in [5.74, 6) is 6.08. The van der Waals surface area contributed by atoms with E-state index in [1.807, 2.05) is 24.3 Å². The summed E-state index contributed by atoms with van der Waals surface area (Å²) in [7, 11) is 0. The van der Waals surface area contributed by atoms with Gasteiger partial charge in [0.2, 0.25) is 5.71 Å². The van der Waals surface area contributed by atoms with E-state index < -0.39 is 25.0 Å². The van der Waals surface area contributed by atoms with Gasteiger partial charge >= 0.3 is 135 Å². The predicted molar refractivity (Wildman–Crippen MR) is 185 cm³/mol. The molecule has 4 aromatic heterocycles. The van der Waals surface area contributed by atoms with Crippen LogP contribution < -0.4 is 4.40 Å². The standard InChI is InChI=1S/C20H20GeN.C19H14FN2O.Ir/c1-21(2,3)19-15-22-20(17-12-8-5-9-13-17)14-18(19)16-10-6-4-7-11-16;1-11(2)12-7-9-21-16(10-12)13-5-6-15(20)17-14-4-3-8-22-19(14)23-18(13)17;/h4-12,14-15H,1-3H3;3-4,6-11H,1-2H3;/q2*-1;/i;11D;. The van der Waals surface area contributed by atoms with Crippen LogP contribution in [-0.4, -0.2) is 28.2 Å². The Hall–Kier alpha value is -3.97. The molecular weight excluding hydrogens is 810 g/mol. The van der Waals surface area contributed by atoms with Crippen molar-refractivity contribution in [1.29, 1.82) is 0 Å². The van der Waals surface area contributed by atoms with Crippen LogP contribution in [0, 0.1) is 17.9 Å². The molecule has 0 aliphatic rings. The summed E-state index contributed by atoms with van der Waals surface area (Å²) < 4.78 is 29.8. The minimum Gasteiger partial charge on any atom is 0 e. The molecule has 46 heavy (non-hydrogen) atoms. The molecule has 7 aromatic rings. The Kier molecular flexibility index (Phi) is 9.88. The molecule has 0 atom stereocenters. The number of rotatable bonds is 5. The summed E-state index contributed by atoms with van der Waals surface area (Å²) in [6.45, 7) is 3.61. The van der Waals surface area contributed by atoms with Crippen LogP contribution in [0.4, 0.5) is 4.39 Å². The van der Waals surface area contributed by atoms with Crippen molar-refractivity contribution >= 4 is 39.7 Å². The third-order valence-corrected chi connectivity index (χ3v) is 11.9. The van der Waals surface area contributed by atoms with E-state index in [4.69, 9.17) is 10.8 Å². The number of pyridine rings is 3. The fraction of sp³-hybridized carbons (Fsp3) is 0.154. The topological polar surface area (TPSA) is 51.8 Å². The van der Waals surface area contributed by atoms with Crippen molar-refractivity contribution in [2.45, 2.75) is 37.0 Å². The summed E-state index contributed by atoms with van der Waals surface area (Å²) in [6.07, 6.45) is 5.34. The average molecular weight is 846 g/mol. The Morgan fingerprint density at radius 3 is 2.35 bits per heavy atom. The monoisotopic (exact) mass is 847 g/mol. The maximum atomic E-state index is 14.3. The Labute approximate surface area is 287 Å². The van der Waals surface area contributed by atoms with Gasteiger partial charge in [0.15, 0.2) is 0 Å². The molecule has 0 bridgehead atoms. The predicted octanol–water partition coefficient (Wildman–Crippen LogP) is 9.86. The summed E-state index contributed by atoms with van der Waals surface area (Å²) in [5, 5.41) is 1.00. The molecule has 233 valence electrons. The van der Waals surface area contributed by atoms with Crippen LogP contribution in [0.5, 0.6) is 0 Å². The van der Waals surface area contributed by atoms with Gasteiger partial charge in [-0.1, -0.05) is 31.0 Å². The van der Waals surface area contributed by atoms with Gasteiger partial charge in [0, 0.05) is 45.1 Å². The van der Waals surface area contributed by atoms with Crippen LogP contribution in [0.2, 0.25) is 17.3 Å². The first-order valence-corrected chi connectivity index (χ1v) is 22.2. The first-order valence-electron chi connectivity index (χ1n) is 15.4. The minimum absolute atomic E-state index is 0. The first-order chi connectivity index (χ1) is 22.0. The number of hydrogen-bond acceptors (Lipinski definition) is 4. The van der Waals surface area contributed by atoms with Gasteiger partial charge in [0.25, 0.3) is 0 Å². The largest absolute Gasteiger partial charge is 0 e. The summed E-state index contributed by atoms with van der Waals surface area (Å²) in [6, 6.07) is 35.5. The molecule has 0 amide bonds. The number of aromatic nitrogens is 3. The van der Waals surface area contributed by atoms with Gasteiger partial charge in [-0.25, -0.2) is 4.98 Å². The van der Waals surface area contributed by atoms with E-state index in [0.717, 1.165) is 16.8 Å². The van der Waals surface area contributed by atoms with Crippen LogP contribution in [0.25, 0.3) is 55.7 Å². The van der Waals surface area contributed by atoms with Crippen LogP contribution in [0.15, 0.2) is 114 Å². The molecule has 0 N–H and O–H groups in total. The molecule has 0 unspecified atom stereocenters. The van der Waals surface area contributed by atoms with E-state index in [2.05, 4.69) is 88.0 Å². The fourth-order valence-corrected chi connectivity index (χ4v) is 8.39. The Bertz CT molecular complexity index is 2140. The molecule has 0 saturated carbocycles. The molecule has 7 heteroatoms. The normalized spacial score (nSPS) is 11.8. The molecule has 4 nitrogen and oxygen atoms in total. The van der Waals surface area contributed by atoms with Crippen LogP contribution >= 0.6 is 0 Å². The Balaban J connectivity index is 0.000000181. The third-order valence-electron chi connectivity index (χ3n) is 7.65. The van der Waals surface area contributed by atoms with Crippen molar-refractivity contribution in [3.05, 3.63) is 133 Å². The molecule has 0 aliphatic carbocycles. The zero-order valence-electron chi connectivity index (χ0n) is 27.4. The summed E-state index contributed by atoms with van der Waals surface area (Å²) >= 11 is -1.99. The quantitative estimate of drug-likeness (QED) is 0.128. The van der Waals surface area contributed by atoms with E-state index in [-0.39, 0.29) is 20.1 Å². The number of fused-ring (bicyclic) bond motifs is 3. The van der Waals surface area contributed by atoms with Crippen molar-refractivity contribution in [2.75, 3.05) is 0 Å². The second-order valence-electron chi connectivity index (χ2n) is 12.1. The molecule has 0 aliphatic heterocycles. The minimum atomic E-state index is -1.99. The van der Waals surface area contributed by atoms with Crippen molar-refractivity contribution < 1.29 is 30.3 Å². The molecule has 0 spiro atoms. The Morgan fingerprint density at radius 2 is 1.63 bits per heavy atom. The molecule has 0 saturated heterocycles. The van der Waals surface area contributed by atoms with Crippen LogP contribution in [0.1, 0.15) is 26.7 Å². The molecule has 3 aromatic carbocycles. The SMILES string of the molecule is [2H]C(C)(C)c1ccnc(-c2[c-]cc(F)c3c2oc2ncccc23)c1.[CH3][Ge]([CH3])([CH3])[c]1cnc(-c2[c-]cccc2)cc1-c1ccccc1.[Ir]. The zero-order chi connectivity index (χ0) is 32.5. The second-order valence-corrected chi connectivity index (χ2v) is 22.7. The zero-order valence-corrected chi connectivity index (χ0v) is 30.8. The number of nitrogens with zero attached hydrogens (tertiary/aromatic N) is 3. The number of hydrogen-bond donors (Lipinski definition) is 0. The average Bonchev–Trinajstić information content (AvgIpc) is 3.46. The van der Waals surface area contributed by atoms with E-state index in [1.54, 1.807) is 44.4 Å². The third kappa shape index (κ3) is 7.05.